The van der Waals surface area contributed by atoms with Crippen molar-refractivity contribution in [3.63, 3.8) is 0 Å². The van der Waals surface area contributed by atoms with Crippen LogP contribution in [0.1, 0.15) is 24.2 Å². The van der Waals surface area contributed by atoms with E-state index in [0.29, 0.717) is 5.56 Å². The topological polar surface area (TPSA) is 71.1 Å². The van der Waals surface area contributed by atoms with Gasteiger partial charge in [0, 0.05) is 0 Å². The first-order chi connectivity index (χ1) is 9.96. The molecule has 2 aliphatic rings. The quantitative estimate of drug-likeness (QED) is 0.782. The van der Waals surface area contributed by atoms with Crippen LogP contribution in [-0.2, 0) is 23.7 Å². The molecule has 2 aliphatic heterocycles. The van der Waals surface area contributed by atoms with Crippen molar-refractivity contribution in [1.82, 2.24) is 0 Å². The van der Waals surface area contributed by atoms with E-state index in [4.69, 9.17) is 18.9 Å². The second kappa shape index (κ2) is 5.22. The molecule has 21 heavy (non-hydrogen) atoms. The number of carbonyl (C=O) groups excluding carboxylic acids is 2. The molecule has 0 unspecified atom stereocenters. The van der Waals surface area contributed by atoms with E-state index in [1.807, 2.05) is 0 Å². The van der Waals surface area contributed by atoms with Gasteiger partial charge in [-0.3, -0.25) is 4.79 Å². The Morgan fingerprint density at radius 1 is 1.24 bits per heavy atom. The maximum absolute atomic E-state index is 12.1. The Balaban J connectivity index is 1.56. The van der Waals surface area contributed by atoms with Gasteiger partial charge in [0.1, 0.15) is 6.61 Å². The molecule has 0 bridgehead atoms. The molecule has 0 radical (unpaired) electrons. The van der Waals surface area contributed by atoms with Crippen molar-refractivity contribution >= 4 is 11.8 Å². The maximum atomic E-state index is 12.1. The van der Waals surface area contributed by atoms with Crippen molar-refractivity contribution in [1.29, 1.82) is 0 Å². The van der Waals surface area contributed by atoms with Crippen molar-refractivity contribution < 1.29 is 28.5 Å². The second-order valence-electron chi connectivity index (χ2n) is 5.42. The van der Waals surface area contributed by atoms with Crippen LogP contribution in [0.2, 0.25) is 0 Å². The van der Waals surface area contributed by atoms with Crippen molar-refractivity contribution in [2.45, 2.75) is 38.1 Å². The molecule has 2 fully saturated rings. The lowest BCUT2D eigenvalue weighted by Crippen LogP contribution is -2.33. The first-order valence-corrected chi connectivity index (χ1v) is 6.73. The molecule has 1 aromatic rings. The number of benzene rings is 1. The predicted molar refractivity (Wildman–Crippen MR) is 70.4 cm³/mol. The van der Waals surface area contributed by atoms with Crippen LogP contribution in [0.4, 0.5) is 0 Å². The van der Waals surface area contributed by atoms with Crippen molar-refractivity contribution in [2.75, 3.05) is 6.61 Å². The molecule has 0 spiro atoms. The van der Waals surface area contributed by atoms with Gasteiger partial charge in [0.2, 0.25) is 0 Å². The highest BCUT2D eigenvalue weighted by atomic mass is 16.8. The largest absolute Gasteiger partial charge is 0.459 e. The van der Waals surface area contributed by atoms with Gasteiger partial charge in [0.05, 0.1) is 5.56 Å². The monoisotopic (exact) mass is 292 g/mol. The van der Waals surface area contributed by atoms with E-state index in [1.165, 1.54) is 0 Å². The number of Topliss-reactive ketones (excluding diaryl/α,β-unsaturated/α-hetero) is 1. The minimum atomic E-state index is -0.844. The smallest absolute Gasteiger partial charge is 0.338 e. The first kappa shape index (κ1) is 14.2. The summed E-state index contributed by atoms with van der Waals surface area (Å²) in [4.78, 5) is 23.9. The minimum absolute atomic E-state index is 0.146. The third-order valence-electron chi connectivity index (χ3n) is 3.33. The van der Waals surface area contributed by atoms with Crippen molar-refractivity contribution in [3.8, 4) is 0 Å². The molecule has 0 N–H and O–H groups in total. The lowest BCUT2D eigenvalue weighted by molar-refractivity contribution is -0.207. The Hall–Kier alpha value is -1.76. The molecule has 2 heterocycles. The van der Waals surface area contributed by atoms with E-state index in [9.17, 15) is 9.59 Å². The fourth-order valence-electron chi connectivity index (χ4n) is 2.36. The summed E-state index contributed by atoms with van der Waals surface area (Å²) < 4.78 is 21.5. The van der Waals surface area contributed by atoms with Crippen molar-refractivity contribution in [3.05, 3.63) is 35.9 Å². The second-order valence-corrected chi connectivity index (χ2v) is 5.42. The van der Waals surface area contributed by atoms with Gasteiger partial charge in [-0.2, -0.15) is 0 Å². The lowest BCUT2D eigenvalue weighted by Gasteiger charge is -2.19. The van der Waals surface area contributed by atoms with Crippen LogP contribution in [0.25, 0.3) is 0 Å². The Bertz CT molecular complexity index is 553. The predicted octanol–water partition coefficient (Wildman–Crippen LogP) is 1.29. The molecule has 1 aromatic carbocycles. The SMILES string of the molecule is CC1(C)O[C@@H]2O[C@H](COC(=O)c3ccccc3)C(=O)[C@H]2O1. The fraction of sp³-hybridized carbons (Fsp3) is 0.467. The summed E-state index contributed by atoms with van der Waals surface area (Å²) in [5.41, 5.74) is 0.428. The number of rotatable bonds is 3. The number of hydrogen-bond donors (Lipinski definition) is 0. The Labute approximate surface area is 121 Å². The zero-order chi connectivity index (χ0) is 15.0. The standard InChI is InChI=1S/C15H16O6/c1-15(2)20-12-11(16)10(19-14(12)21-15)8-18-13(17)9-6-4-3-5-7-9/h3-7,10,12,14H,8H2,1-2H3/t10-,12-,14+/m1/s1. The van der Waals surface area contributed by atoms with Gasteiger partial charge in [-0.25, -0.2) is 4.79 Å². The molecule has 3 rings (SSSR count). The molecular weight excluding hydrogens is 276 g/mol. The van der Waals surface area contributed by atoms with E-state index in [1.54, 1.807) is 44.2 Å². The highest BCUT2D eigenvalue weighted by Gasteiger charge is 2.54. The van der Waals surface area contributed by atoms with E-state index >= 15 is 0 Å². The molecule has 0 saturated carbocycles. The summed E-state index contributed by atoms with van der Waals surface area (Å²) in [5.74, 6) is -1.59. The highest BCUT2D eigenvalue weighted by molar-refractivity contribution is 5.92. The molecule has 6 nitrogen and oxygen atoms in total. The normalized spacial score (nSPS) is 30.2. The van der Waals surface area contributed by atoms with Crippen LogP contribution < -0.4 is 0 Å². The molecular formula is C15H16O6. The number of fused-ring (bicyclic) bond motifs is 1. The average molecular weight is 292 g/mol. The molecule has 112 valence electrons. The van der Waals surface area contributed by atoms with Crippen LogP contribution in [0.15, 0.2) is 30.3 Å². The number of hydrogen-bond acceptors (Lipinski definition) is 6. The third kappa shape index (κ3) is 2.83. The van der Waals surface area contributed by atoms with E-state index in [0.717, 1.165) is 0 Å². The van der Waals surface area contributed by atoms with Gasteiger partial charge in [0.25, 0.3) is 0 Å². The zero-order valence-corrected chi connectivity index (χ0v) is 11.8. The summed E-state index contributed by atoms with van der Waals surface area (Å²) in [6.45, 7) is 3.28. The van der Waals surface area contributed by atoms with Crippen LogP contribution in [0.3, 0.4) is 0 Å². The van der Waals surface area contributed by atoms with Crippen molar-refractivity contribution in [2.24, 2.45) is 0 Å². The van der Waals surface area contributed by atoms with Crippen LogP contribution >= 0.6 is 0 Å². The minimum Gasteiger partial charge on any atom is -0.459 e. The molecule has 6 heteroatoms. The van der Waals surface area contributed by atoms with Gasteiger partial charge in [-0.15, -0.1) is 0 Å². The van der Waals surface area contributed by atoms with Gasteiger partial charge in [0.15, 0.2) is 30.1 Å². The zero-order valence-electron chi connectivity index (χ0n) is 11.8. The fourth-order valence-corrected chi connectivity index (χ4v) is 2.36. The van der Waals surface area contributed by atoms with E-state index in [-0.39, 0.29) is 12.4 Å². The van der Waals surface area contributed by atoms with Gasteiger partial charge >= 0.3 is 5.97 Å². The van der Waals surface area contributed by atoms with Gasteiger partial charge < -0.3 is 18.9 Å². The molecule has 2 saturated heterocycles. The van der Waals surface area contributed by atoms with E-state index < -0.39 is 30.3 Å². The Kier molecular flexibility index (Phi) is 3.52. The summed E-state index contributed by atoms with van der Waals surface area (Å²) in [6, 6.07) is 8.56. The van der Waals surface area contributed by atoms with Crippen LogP contribution in [0.5, 0.6) is 0 Å². The number of carbonyl (C=O) groups is 2. The Morgan fingerprint density at radius 2 is 1.95 bits per heavy atom. The van der Waals surface area contributed by atoms with E-state index in [2.05, 4.69) is 0 Å². The van der Waals surface area contributed by atoms with Gasteiger partial charge in [-0.05, 0) is 26.0 Å². The summed E-state index contributed by atoms with van der Waals surface area (Å²) in [5, 5.41) is 0. The third-order valence-corrected chi connectivity index (χ3v) is 3.33. The van der Waals surface area contributed by atoms with Gasteiger partial charge in [-0.1, -0.05) is 18.2 Å². The summed E-state index contributed by atoms with van der Waals surface area (Å²) in [6.07, 6.45) is -2.32. The number of ketones is 1. The molecule has 0 amide bonds. The van der Waals surface area contributed by atoms with Crippen LogP contribution in [0, 0.1) is 0 Å². The Morgan fingerprint density at radius 3 is 2.62 bits per heavy atom. The lowest BCUT2D eigenvalue weighted by atomic mass is 10.2. The first-order valence-electron chi connectivity index (χ1n) is 6.73. The number of esters is 1. The average Bonchev–Trinajstić information content (AvgIpc) is 2.91. The van der Waals surface area contributed by atoms with Crippen LogP contribution in [-0.4, -0.2) is 42.6 Å². The molecule has 0 aromatic heterocycles. The highest BCUT2D eigenvalue weighted by Crippen LogP contribution is 2.35. The molecule has 0 aliphatic carbocycles. The molecule has 3 atom stereocenters. The maximum Gasteiger partial charge on any atom is 0.338 e. The summed E-state index contributed by atoms with van der Waals surface area (Å²) >= 11 is 0. The summed E-state index contributed by atoms with van der Waals surface area (Å²) in [7, 11) is 0. The number of ether oxygens (including phenoxy) is 4.